The monoisotopic (exact) mass is 497 g/mol. The summed E-state index contributed by atoms with van der Waals surface area (Å²) in [6.07, 6.45) is 3.88. The molecule has 1 aromatic carbocycles. The smallest absolute Gasteiger partial charge is 0.233 e. The van der Waals surface area contributed by atoms with E-state index in [9.17, 15) is 24.3 Å². The second-order valence-corrected chi connectivity index (χ2v) is 9.41. The van der Waals surface area contributed by atoms with Crippen LogP contribution in [0.15, 0.2) is 51.6 Å². The summed E-state index contributed by atoms with van der Waals surface area (Å²) < 4.78 is 5.45. The van der Waals surface area contributed by atoms with E-state index in [0.29, 0.717) is 23.1 Å². The van der Waals surface area contributed by atoms with E-state index in [1.54, 1.807) is 12.1 Å². The number of hydrogen-bond donors (Lipinski definition) is 1. The number of rotatable bonds is 2. The number of imide groups is 1. The maximum absolute atomic E-state index is 13.1. The molecule has 32 heavy (non-hydrogen) atoms. The van der Waals surface area contributed by atoms with Crippen molar-refractivity contribution in [1.29, 1.82) is 0 Å². The van der Waals surface area contributed by atoms with Gasteiger partial charge in [-0.25, -0.2) is 0 Å². The highest BCUT2D eigenvalue weighted by Crippen LogP contribution is 2.55. The Morgan fingerprint density at radius 3 is 2.59 bits per heavy atom. The average molecular weight is 498 g/mol. The van der Waals surface area contributed by atoms with Gasteiger partial charge in [0.25, 0.3) is 0 Å². The topological polar surface area (TPSA) is 101 Å². The standard InChI is InChI=1S/C24H20BrNO6/c1-26-23(30)12-5-4-11-13(20(12)24(26)31)8-14-21(17(28)9-15(25)22(14)29)19(11)10-3-6-16(27)18(7-10)32-2/h3-4,6-7,9,12-13,19-20,27H,5,8H2,1-2H3/t12-,13+,19-,20-/m0/s1. The van der Waals surface area contributed by atoms with Crippen molar-refractivity contribution in [3.8, 4) is 11.5 Å². The van der Waals surface area contributed by atoms with Crippen molar-refractivity contribution in [1.82, 2.24) is 4.90 Å². The minimum absolute atomic E-state index is 0.0395. The number of phenolic OH excluding ortho intramolecular Hbond substituents is 1. The number of nitrogens with zero attached hydrogens (tertiary/aromatic N) is 1. The molecule has 0 aromatic heterocycles. The summed E-state index contributed by atoms with van der Waals surface area (Å²) in [6.45, 7) is 0. The second-order valence-electron chi connectivity index (χ2n) is 8.56. The maximum atomic E-state index is 13.1. The molecule has 164 valence electrons. The Bertz CT molecular complexity index is 1210. The van der Waals surface area contributed by atoms with E-state index < -0.39 is 17.8 Å². The van der Waals surface area contributed by atoms with Crippen molar-refractivity contribution in [2.45, 2.75) is 18.8 Å². The van der Waals surface area contributed by atoms with Crippen molar-refractivity contribution in [2.75, 3.05) is 14.2 Å². The number of fused-ring (bicyclic) bond motifs is 3. The van der Waals surface area contributed by atoms with Crippen molar-refractivity contribution in [2.24, 2.45) is 17.8 Å². The number of Topliss-reactive ketones (excluding diaryl/α,β-unsaturated/α-hetero) is 1. The predicted molar refractivity (Wildman–Crippen MR) is 117 cm³/mol. The van der Waals surface area contributed by atoms with Crippen LogP contribution in [0.5, 0.6) is 11.5 Å². The molecule has 1 aromatic rings. The molecule has 1 N–H and O–H groups in total. The number of carbonyl (C=O) groups excluding carboxylic acids is 4. The molecule has 3 aliphatic carbocycles. The number of ketones is 2. The summed E-state index contributed by atoms with van der Waals surface area (Å²) in [4.78, 5) is 53.0. The summed E-state index contributed by atoms with van der Waals surface area (Å²) in [6, 6.07) is 4.84. The normalized spacial score (nSPS) is 29.4. The quantitative estimate of drug-likeness (QED) is 0.383. The maximum Gasteiger partial charge on any atom is 0.233 e. The molecule has 0 bridgehead atoms. The van der Waals surface area contributed by atoms with Gasteiger partial charge in [0.2, 0.25) is 11.8 Å². The third-order valence-electron chi connectivity index (χ3n) is 7.09. The third-order valence-corrected chi connectivity index (χ3v) is 7.68. The number of carbonyl (C=O) groups is 4. The lowest BCUT2D eigenvalue weighted by Gasteiger charge is -2.42. The average Bonchev–Trinajstić information content (AvgIpc) is 3.00. The second kappa shape index (κ2) is 7.27. The Hall–Kier alpha value is -3.00. The fourth-order valence-corrected chi connectivity index (χ4v) is 6.06. The fourth-order valence-electron chi connectivity index (χ4n) is 5.62. The van der Waals surface area contributed by atoms with Gasteiger partial charge in [-0.05, 0) is 52.4 Å². The number of benzene rings is 1. The molecule has 1 fully saturated rings. The molecule has 0 radical (unpaired) electrons. The Morgan fingerprint density at radius 2 is 1.88 bits per heavy atom. The molecular formula is C24H20BrNO6. The van der Waals surface area contributed by atoms with Crippen LogP contribution in [0.3, 0.4) is 0 Å². The van der Waals surface area contributed by atoms with Crippen LogP contribution in [-0.4, -0.2) is 47.5 Å². The lowest BCUT2D eigenvalue weighted by atomic mass is 9.59. The number of amides is 2. The molecule has 4 aliphatic rings. The van der Waals surface area contributed by atoms with Gasteiger partial charge >= 0.3 is 0 Å². The molecule has 0 spiro atoms. The van der Waals surface area contributed by atoms with Gasteiger partial charge in [0.15, 0.2) is 23.1 Å². The lowest BCUT2D eigenvalue weighted by Crippen LogP contribution is -2.39. The zero-order valence-corrected chi connectivity index (χ0v) is 19.0. The summed E-state index contributed by atoms with van der Waals surface area (Å²) in [7, 11) is 2.93. The van der Waals surface area contributed by atoms with Gasteiger partial charge in [-0.15, -0.1) is 0 Å². The van der Waals surface area contributed by atoms with E-state index in [-0.39, 0.29) is 51.7 Å². The van der Waals surface area contributed by atoms with E-state index >= 15 is 0 Å². The first-order chi connectivity index (χ1) is 15.2. The molecule has 1 aliphatic heterocycles. The van der Waals surface area contributed by atoms with Gasteiger partial charge in [0.1, 0.15) is 0 Å². The first kappa shape index (κ1) is 20.9. The van der Waals surface area contributed by atoms with E-state index in [1.807, 2.05) is 6.08 Å². The molecule has 2 amide bonds. The molecular weight excluding hydrogens is 478 g/mol. The molecule has 0 saturated carbocycles. The minimum Gasteiger partial charge on any atom is -0.504 e. The third kappa shape index (κ3) is 2.78. The number of hydrogen-bond acceptors (Lipinski definition) is 6. The number of phenols is 1. The SMILES string of the molecule is COc1cc([C@H]2C3=CC[C@@H]4C(=O)N(C)C(=O)[C@@H]4[C@@H]3CC3=C2C(=O)C=C(Br)C3=O)ccc1O. The van der Waals surface area contributed by atoms with Crippen LogP contribution in [0, 0.1) is 17.8 Å². The number of halogens is 1. The number of allylic oxidation sites excluding steroid dienone is 6. The predicted octanol–water partition coefficient (Wildman–Crippen LogP) is 2.79. The lowest BCUT2D eigenvalue weighted by molar-refractivity contribution is -0.138. The summed E-state index contributed by atoms with van der Waals surface area (Å²) in [5.41, 5.74) is 2.30. The summed E-state index contributed by atoms with van der Waals surface area (Å²) in [5, 5.41) is 10.1. The van der Waals surface area contributed by atoms with E-state index in [1.165, 1.54) is 31.2 Å². The van der Waals surface area contributed by atoms with Gasteiger partial charge in [0.05, 0.1) is 23.4 Å². The summed E-state index contributed by atoms with van der Waals surface area (Å²) >= 11 is 3.20. The van der Waals surface area contributed by atoms with Gasteiger partial charge in [-0.1, -0.05) is 17.7 Å². The first-order valence-corrected chi connectivity index (χ1v) is 11.1. The molecule has 1 saturated heterocycles. The van der Waals surface area contributed by atoms with Crippen LogP contribution in [0.1, 0.15) is 24.3 Å². The fraction of sp³-hybridized carbons (Fsp3) is 0.333. The summed E-state index contributed by atoms with van der Waals surface area (Å²) in [5.74, 6) is -2.73. The van der Waals surface area contributed by atoms with Gasteiger partial charge in [0, 0.05) is 30.2 Å². The molecule has 0 unspecified atom stereocenters. The van der Waals surface area contributed by atoms with Crippen LogP contribution in [0.25, 0.3) is 0 Å². The van der Waals surface area contributed by atoms with Crippen LogP contribution in [0.4, 0.5) is 0 Å². The van der Waals surface area contributed by atoms with Crippen molar-refractivity contribution < 1.29 is 29.0 Å². The Labute approximate surface area is 192 Å². The van der Waals surface area contributed by atoms with Crippen LogP contribution < -0.4 is 4.74 Å². The Morgan fingerprint density at radius 1 is 1.12 bits per heavy atom. The Balaban J connectivity index is 1.72. The number of methoxy groups -OCH3 is 1. The minimum atomic E-state index is -0.568. The molecule has 5 rings (SSSR count). The van der Waals surface area contributed by atoms with Gasteiger partial charge in [-0.2, -0.15) is 0 Å². The van der Waals surface area contributed by atoms with Crippen LogP contribution in [0.2, 0.25) is 0 Å². The number of ether oxygens (including phenoxy) is 1. The zero-order chi connectivity index (χ0) is 22.9. The Kier molecular flexibility index (Phi) is 4.74. The van der Waals surface area contributed by atoms with Gasteiger partial charge < -0.3 is 9.84 Å². The van der Waals surface area contributed by atoms with E-state index in [2.05, 4.69) is 15.9 Å². The van der Waals surface area contributed by atoms with Gasteiger partial charge in [-0.3, -0.25) is 24.1 Å². The van der Waals surface area contributed by atoms with E-state index in [4.69, 9.17) is 4.74 Å². The molecule has 7 nitrogen and oxygen atoms in total. The van der Waals surface area contributed by atoms with Crippen LogP contribution in [-0.2, 0) is 19.2 Å². The van der Waals surface area contributed by atoms with Crippen molar-refractivity contribution in [3.63, 3.8) is 0 Å². The highest BCUT2D eigenvalue weighted by molar-refractivity contribution is 9.12. The molecule has 8 heteroatoms. The number of aromatic hydroxyl groups is 1. The number of likely N-dealkylation sites (tertiary alicyclic amines) is 1. The molecule has 1 heterocycles. The zero-order valence-electron chi connectivity index (χ0n) is 17.4. The van der Waals surface area contributed by atoms with Crippen molar-refractivity contribution >= 4 is 39.3 Å². The van der Waals surface area contributed by atoms with E-state index in [0.717, 1.165) is 5.57 Å². The van der Waals surface area contributed by atoms with Crippen LogP contribution >= 0.6 is 15.9 Å². The first-order valence-electron chi connectivity index (χ1n) is 10.3. The van der Waals surface area contributed by atoms with Crippen molar-refractivity contribution in [3.05, 3.63) is 57.1 Å². The largest absolute Gasteiger partial charge is 0.504 e. The highest BCUT2D eigenvalue weighted by atomic mass is 79.9. The highest BCUT2D eigenvalue weighted by Gasteiger charge is 2.55. The molecule has 4 atom stereocenters.